The molecule has 0 heterocycles. The quantitative estimate of drug-likeness (QED) is 0.649. The molecule has 0 fully saturated rings. The van der Waals surface area contributed by atoms with Gasteiger partial charge in [-0.25, -0.2) is 4.39 Å². The van der Waals surface area contributed by atoms with Gasteiger partial charge in [0.05, 0.1) is 0 Å². The summed E-state index contributed by atoms with van der Waals surface area (Å²) in [7, 11) is 0. The van der Waals surface area contributed by atoms with Gasteiger partial charge in [0.15, 0.2) is 0 Å². The van der Waals surface area contributed by atoms with E-state index < -0.39 is 0 Å². The lowest BCUT2D eigenvalue weighted by Gasteiger charge is -2.25. The monoisotopic (exact) mass is 285 g/mol. The summed E-state index contributed by atoms with van der Waals surface area (Å²) in [6.45, 7) is 8.36. The fourth-order valence-electron chi connectivity index (χ4n) is 2.20. The van der Waals surface area contributed by atoms with Crippen LogP contribution in [0.25, 0.3) is 0 Å². The fourth-order valence-corrected chi connectivity index (χ4v) is 2.44. The summed E-state index contributed by atoms with van der Waals surface area (Å²) in [6.07, 6.45) is 5.04. The van der Waals surface area contributed by atoms with Crippen molar-refractivity contribution in [1.29, 1.82) is 0 Å². The second-order valence-electron chi connectivity index (χ2n) is 6.00. The van der Waals surface area contributed by atoms with Crippen LogP contribution in [0.5, 0.6) is 0 Å². The van der Waals surface area contributed by atoms with E-state index in [2.05, 4.69) is 26.1 Å². The smallest absolute Gasteiger partial charge is 0.125 e. The third kappa shape index (κ3) is 6.93. The molecule has 0 aliphatic rings. The molecule has 1 aromatic carbocycles. The topological polar surface area (TPSA) is 12.0 Å². The molecule has 0 unspecified atom stereocenters. The number of nitrogens with one attached hydrogen (secondary N) is 1. The van der Waals surface area contributed by atoms with Crippen molar-refractivity contribution in [2.45, 2.75) is 53.0 Å². The molecular formula is C16H25ClFN. The van der Waals surface area contributed by atoms with Crippen LogP contribution < -0.4 is 5.32 Å². The summed E-state index contributed by atoms with van der Waals surface area (Å²) in [5.74, 6) is -0.272. The Balaban J connectivity index is 2.36. The van der Waals surface area contributed by atoms with Crippen molar-refractivity contribution in [3.8, 4) is 0 Å². The minimum atomic E-state index is -0.272. The molecule has 0 saturated carbocycles. The van der Waals surface area contributed by atoms with Crippen molar-refractivity contribution in [3.05, 3.63) is 34.6 Å². The number of hydrogen-bond acceptors (Lipinski definition) is 1. The molecule has 0 aliphatic heterocycles. The van der Waals surface area contributed by atoms with Gasteiger partial charge in [0.25, 0.3) is 0 Å². The lowest BCUT2D eigenvalue weighted by molar-refractivity contribution is 0.302. The maximum absolute atomic E-state index is 13.2. The van der Waals surface area contributed by atoms with Crippen molar-refractivity contribution in [3.63, 3.8) is 0 Å². The van der Waals surface area contributed by atoms with E-state index in [0.29, 0.717) is 11.6 Å². The number of benzene rings is 1. The van der Waals surface area contributed by atoms with Gasteiger partial charge in [-0.15, -0.1) is 0 Å². The Morgan fingerprint density at radius 2 is 1.95 bits per heavy atom. The van der Waals surface area contributed by atoms with Crippen LogP contribution in [0.2, 0.25) is 5.02 Å². The van der Waals surface area contributed by atoms with Crippen LogP contribution in [-0.2, 0) is 6.54 Å². The van der Waals surface area contributed by atoms with Crippen LogP contribution in [0.1, 0.15) is 52.0 Å². The predicted octanol–water partition coefficient (Wildman–Crippen LogP) is 5.18. The van der Waals surface area contributed by atoms with Crippen LogP contribution >= 0.6 is 11.6 Å². The molecular weight excluding hydrogens is 261 g/mol. The van der Waals surface area contributed by atoms with E-state index in [-0.39, 0.29) is 11.2 Å². The average Bonchev–Trinajstić information content (AvgIpc) is 2.27. The molecule has 0 bridgehead atoms. The van der Waals surface area contributed by atoms with Crippen molar-refractivity contribution in [2.24, 2.45) is 5.41 Å². The fraction of sp³-hybridized carbons (Fsp3) is 0.625. The minimum absolute atomic E-state index is 0.272. The average molecular weight is 286 g/mol. The highest BCUT2D eigenvalue weighted by molar-refractivity contribution is 6.30. The molecule has 0 atom stereocenters. The van der Waals surface area contributed by atoms with Gasteiger partial charge in [0.2, 0.25) is 0 Å². The standard InChI is InChI=1S/C16H25ClFN/c1-4-5-6-7-16(2,3)12-19-11-13-8-14(17)10-15(18)9-13/h8-10,19H,4-7,11-12H2,1-3H3. The summed E-state index contributed by atoms with van der Waals surface area (Å²) in [5, 5.41) is 3.86. The van der Waals surface area contributed by atoms with E-state index in [0.717, 1.165) is 12.1 Å². The van der Waals surface area contributed by atoms with Gasteiger partial charge >= 0.3 is 0 Å². The SMILES string of the molecule is CCCCCC(C)(C)CNCc1cc(F)cc(Cl)c1. The Kier molecular flexibility index (Phi) is 6.81. The van der Waals surface area contributed by atoms with Gasteiger partial charge in [-0.05, 0) is 35.6 Å². The number of halogens is 2. The summed E-state index contributed by atoms with van der Waals surface area (Å²) in [6, 6.07) is 4.67. The first-order valence-corrected chi connectivity index (χ1v) is 7.46. The third-order valence-corrected chi connectivity index (χ3v) is 3.53. The molecule has 3 heteroatoms. The second-order valence-corrected chi connectivity index (χ2v) is 6.44. The first-order valence-electron chi connectivity index (χ1n) is 7.08. The molecule has 0 aliphatic carbocycles. The minimum Gasteiger partial charge on any atom is -0.312 e. The van der Waals surface area contributed by atoms with Gasteiger partial charge in [-0.3, -0.25) is 0 Å². The molecule has 0 amide bonds. The largest absolute Gasteiger partial charge is 0.312 e. The molecule has 1 rings (SSSR count). The zero-order chi connectivity index (χ0) is 14.3. The molecule has 108 valence electrons. The molecule has 1 N–H and O–H groups in total. The Morgan fingerprint density at radius 1 is 1.21 bits per heavy atom. The summed E-state index contributed by atoms with van der Waals surface area (Å²) < 4.78 is 13.2. The number of hydrogen-bond donors (Lipinski definition) is 1. The van der Waals surface area contributed by atoms with Crippen molar-refractivity contribution >= 4 is 11.6 Å². The third-order valence-electron chi connectivity index (χ3n) is 3.31. The lowest BCUT2D eigenvalue weighted by atomic mass is 9.87. The normalized spacial score (nSPS) is 11.8. The Hall–Kier alpha value is -0.600. The number of unbranched alkanes of at least 4 members (excludes halogenated alkanes) is 2. The maximum Gasteiger partial charge on any atom is 0.125 e. The van der Waals surface area contributed by atoms with E-state index in [1.807, 2.05) is 6.07 Å². The zero-order valence-electron chi connectivity index (χ0n) is 12.2. The Labute approximate surface area is 121 Å². The van der Waals surface area contributed by atoms with Crippen LogP contribution in [-0.4, -0.2) is 6.54 Å². The number of rotatable bonds is 8. The van der Waals surface area contributed by atoms with Crippen LogP contribution in [0.4, 0.5) is 4.39 Å². The Bertz CT molecular complexity index is 370. The van der Waals surface area contributed by atoms with Crippen molar-refractivity contribution in [1.82, 2.24) is 5.32 Å². The molecule has 19 heavy (non-hydrogen) atoms. The van der Waals surface area contributed by atoms with Crippen molar-refractivity contribution < 1.29 is 4.39 Å². The molecule has 0 saturated heterocycles. The highest BCUT2D eigenvalue weighted by Gasteiger charge is 2.16. The molecule has 1 nitrogen and oxygen atoms in total. The lowest BCUT2D eigenvalue weighted by Crippen LogP contribution is -2.29. The van der Waals surface area contributed by atoms with E-state index in [1.165, 1.54) is 37.8 Å². The predicted molar refractivity (Wildman–Crippen MR) is 81.0 cm³/mol. The summed E-state index contributed by atoms with van der Waals surface area (Å²) in [4.78, 5) is 0. The highest BCUT2D eigenvalue weighted by Crippen LogP contribution is 2.23. The van der Waals surface area contributed by atoms with Gasteiger partial charge in [-0.2, -0.15) is 0 Å². The van der Waals surface area contributed by atoms with E-state index in [4.69, 9.17) is 11.6 Å². The molecule has 0 radical (unpaired) electrons. The Morgan fingerprint density at radius 3 is 2.58 bits per heavy atom. The van der Waals surface area contributed by atoms with Gasteiger partial charge in [-0.1, -0.05) is 51.6 Å². The zero-order valence-corrected chi connectivity index (χ0v) is 13.0. The second kappa shape index (κ2) is 7.86. The van der Waals surface area contributed by atoms with Crippen LogP contribution in [0.15, 0.2) is 18.2 Å². The van der Waals surface area contributed by atoms with E-state index in [1.54, 1.807) is 0 Å². The highest BCUT2D eigenvalue weighted by atomic mass is 35.5. The molecule has 0 spiro atoms. The summed E-state index contributed by atoms with van der Waals surface area (Å²) >= 11 is 5.84. The van der Waals surface area contributed by atoms with Crippen LogP contribution in [0, 0.1) is 11.2 Å². The molecule has 1 aromatic rings. The van der Waals surface area contributed by atoms with Crippen molar-refractivity contribution in [2.75, 3.05) is 6.54 Å². The molecule has 0 aromatic heterocycles. The summed E-state index contributed by atoms with van der Waals surface area (Å²) in [5.41, 5.74) is 1.18. The van der Waals surface area contributed by atoms with Gasteiger partial charge in [0.1, 0.15) is 5.82 Å². The van der Waals surface area contributed by atoms with E-state index >= 15 is 0 Å². The van der Waals surface area contributed by atoms with Gasteiger partial charge in [0, 0.05) is 18.1 Å². The van der Waals surface area contributed by atoms with Gasteiger partial charge < -0.3 is 5.32 Å². The maximum atomic E-state index is 13.2. The first kappa shape index (κ1) is 16.5. The van der Waals surface area contributed by atoms with Crippen LogP contribution in [0.3, 0.4) is 0 Å². The first-order chi connectivity index (χ1) is 8.93. The van der Waals surface area contributed by atoms with E-state index in [9.17, 15) is 4.39 Å².